The van der Waals surface area contributed by atoms with Gasteiger partial charge in [0.15, 0.2) is 0 Å². The number of aryl methyl sites for hydroxylation is 1. The maximum Gasteiger partial charge on any atom is 0.266 e. The number of nitrogens with zero attached hydrogens (tertiary/aromatic N) is 3. The number of halogens is 1. The summed E-state index contributed by atoms with van der Waals surface area (Å²) in [5.74, 6) is -0.219. The third-order valence-corrected chi connectivity index (χ3v) is 5.40. The molecule has 0 atom stereocenters. The predicted octanol–water partition coefficient (Wildman–Crippen LogP) is 4.43. The van der Waals surface area contributed by atoms with E-state index in [1.165, 1.54) is 18.3 Å². The number of carbonyl (C=O) groups excluding carboxylic acids is 1. The van der Waals surface area contributed by atoms with Crippen LogP contribution in [-0.2, 0) is 4.79 Å². The lowest BCUT2D eigenvalue weighted by atomic mass is 9.98. The third-order valence-electron chi connectivity index (χ3n) is 5.40. The monoisotopic (exact) mass is 406 g/mol. The lowest BCUT2D eigenvalue weighted by Gasteiger charge is -2.36. The van der Waals surface area contributed by atoms with Gasteiger partial charge in [-0.05, 0) is 48.2 Å². The van der Waals surface area contributed by atoms with E-state index in [9.17, 15) is 14.4 Å². The Bertz CT molecular complexity index is 968. The van der Waals surface area contributed by atoms with Crippen LogP contribution in [0.2, 0.25) is 0 Å². The Hall–Kier alpha value is -3.33. The maximum absolute atomic E-state index is 13.1. The van der Waals surface area contributed by atoms with Crippen molar-refractivity contribution in [2.24, 2.45) is 0 Å². The average Bonchev–Trinajstić information content (AvgIpc) is 2.75. The molecule has 2 aromatic carbocycles. The van der Waals surface area contributed by atoms with Gasteiger partial charge in [0.1, 0.15) is 17.5 Å². The number of rotatable bonds is 5. The van der Waals surface area contributed by atoms with Gasteiger partial charge in [0.05, 0.1) is 0 Å². The van der Waals surface area contributed by atoms with Crippen LogP contribution < -0.4 is 10.2 Å². The zero-order chi connectivity index (χ0) is 21.7. The van der Waals surface area contributed by atoms with Gasteiger partial charge in [-0.2, -0.15) is 5.26 Å². The Kier molecular flexibility index (Phi) is 6.73. The Labute approximate surface area is 177 Å². The van der Waals surface area contributed by atoms with Gasteiger partial charge in [-0.3, -0.25) is 4.79 Å². The number of anilines is 2. The van der Waals surface area contributed by atoms with Crippen molar-refractivity contribution < 1.29 is 9.18 Å². The van der Waals surface area contributed by atoms with Crippen molar-refractivity contribution in [1.29, 1.82) is 5.26 Å². The number of amides is 1. The quantitative estimate of drug-likeness (QED) is 0.590. The Morgan fingerprint density at radius 3 is 2.40 bits per heavy atom. The molecule has 156 valence electrons. The van der Waals surface area contributed by atoms with Crippen molar-refractivity contribution in [3.8, 4) is 6.07 Å². The molecular weight excluding hydrogens is 379 g/mol. The maximum atomic E-state index is 13.1. The summed E-state index contributed by atoms with van der Waals surface area (Å²) in [6.07, 6.45) is 1.52. The molecule has 1 amide bonds. The standard InChI is InChI=1S/C24H27FN4O/c1-17(2)22-6-4-5-18(3)23(22)27-16-19(15-26)24(30)29-13-11-28(12-14-29)21-9-7-20(25)8-10-21/h4-10,16-17,27H,11-14H2,1-3H3/b19-16-. The van der Waals surface area contributed by atoms with Gasteiger partial charge in [0, 0.05) is 43.8 Å². The number of nitriles is 1. The molecule has 30 heavy (non-hydrogen) atoms. The molecule has 2 aromatic rings. The number of benzene rings is 2. The van der Waals surface area contributed by atoms with Crippen molar-refractivity contribution in [2.45, 2.75) is 26.7 Å². The number of carbonyl (C=O) groups is 1. The van der Waals surface area contributed by atoms with Gasteiger partial charge in [-0.1, -0.05) is 32.0 Å². The van der Waals surface area contributed by atoms with Gasteiger partial charge in [0.2, 0.25) is 0 Å². The minimum absolute atomic E-state index is 0.0863. The fourth-order valence-corrected chi connectivity index (χ4v) is 3.64. The van der Waals surface area contributed by atoms with E-state index >= 15 is 0 Å². The molecule has 1 heterocycles. The molecule has 1 saturated heterocycles. The molecule has 0 bridgehead atoms. The van der Waals surface area contributed by atoms with Gasteiger partial charge >= 0.3 is 0 Å². The summed E-state index contributed by atoms with van der Waals surface area (Å²) in [6, 6.07) is 14.5. The van der Waals surface area contributed by atoms with Gasteiger partial charge in [-0.15, -0.1) is 0 Å². The van der Waals surface area contributed by atoms with Crippen LogP contribution in [0.1, 0.15) is 30.9 Å². The molecule has 1 N–H and O–H groups in total. The highest BCUT2D eigenvalue weighted by Gasteiger charge is 2.24. The molecule has 0 unspecified atom stereocenters. The number of hydrogen-bond acceptors (Lipinski definition) is 4. The van der Waals surface area contributed by atoms with Gasteiger partial charge in [0.25, 0.3) is 5.91 Å². The Morgan fingerprint density at radius 2 is 1.80 bits per heavy atom. The lowest BCUT2D eigenvalue weighted by molar-refractivity contribution is -0.127. The summed E-state index contributed by atoms with van der Waals surface area (Å²) in [5, 5.41) is 12.8. The molecule has 0 saturated carbocycles. The minimum Gasteiger partial charge on any atom is -0.368 e. The second-order valence-electron chi connectivity index (χ2n) is 7.76. The normalized spacial score (nSPS) is 14.6. The van der Waals surface area contributed by atoms with Crippen molar-refractivity contribution in [3.05, 3.63) is 71.2 Å². The van der Waals surface area contributed by atoms with Crippen LogP contribution in [0.15, 0.2) is 54.2 Å². The van der Waals surface area contributed by atoms with E-state index in [4.69, 9.17) is 0 Å². The fourth-order valence-electron chi connectivity index (χ4n) is 3.64. The first kappa shape index (κ1) is 21.4. The lowest BCUT2D eigenvalue weighted by Crippen LogP contribution is -2.49. The summed E-state index contributed by atoms with van der Waals surface area (Å²) < 4.78 is 13.1. The van der Waals surface area contributed by atoms with Crippen molar-refractivity contribution in [1.82, 2.24) is 4.90 Å². The molecule has 0 spiro atoms. The van der Waals surface area contributed by atoms with Crippen molar-refractivity contribution in [3.63, 3.8) is 0 Å². The second kappa shape index (κ2) is 9.45. The highest BCUT2D eigenvalue weighted by molar-refractivity contribution is 5.97. The predicted molar refractivity (Wildman–Crippen MR) is 118 cm³/mol. The molecule has 1 aliphatic rings. The molecule has 3 rings (SSSR count). The zero-order valence-electron chi connectivity index (χ0n) is 17.7. The average molecular weight is 407 g/mol. The molecule has 0 radical (unpaired) electrons. The SMILES string of the molecule is Cc1cccc(C(C)C)c1N/C=C(/C#N)C(=O)N1CCN(c2ccc(F)cc2)CC1. The second-order valence-corrected chi connectivity index (χ2v) is 7.76. The van der Waals surface area contributed by atoms with E-state index in [2.05, 4.69) is 30.1 Å². The van der Waals surface area contributed by atoms with Gasteiger partial charge in [-0.25, -0.2) is 4.39 Å². The third kappa shape index (κ3) is 4.80. The molecule has 6 heteroatoms. The van der Waals surface area contributed by atoms with E-state index in [0.29, 0.717) is 32.1 Å². The smallest absolute Gasteiger partial charge is 0.266 e. The molecule has 1 aliphatic heterocycles. The van der Waals surface area contributed by atoms with Crippen molar-refractivity contribution in [2.75, 3.05) is 36.4 Å². The number of piperazine rings is 1. The zero-order valence-corrected chi connectivity index (χ0v) is 17.7. The highest BCUT2D eigenvalue weighted by Crippen LogP contribution is 2.27. The minimum atomic E-state index is -0.275. The van der Waals surface area contributed by atoms with Crippen LogP contribution in [0.4, 0.5) is 15.8 Å². The topological polar surface area (TPSA) is 59.4 Å². The first-order chi connectivity index (χ1) is 14.4. The van der Waals surface area contributed by atoms with E-state index in [1.54, 1.807) is 17.0 Å². The first-order valence-electron chi connectivity index (χ1n) is 10.2. The van der Waals surface area contributed by atoms with Crippen LogP contribution in [0, 0.1) is 24.1 Å². The molecular formula is C24H27FN4O. The fraction of sp³-hybridized carbons (Fsp3) is 0.333. The Balaban J connectivity index is 1.67. The van der Waals surface area contributed by atoms with Gasteiger partial charge < -0.3 is 15.1 Å². The molecule has 0 aromatic heterocycles. The van der Waals surface area contributed by atoms with E-state index < -0.39 is 0 Å². The van der Waals surface area contributed by atoms with E-state index in [1.807, 2.05) is 25.1 Å². The van der Waals surface area contributed by atoms with Crippen LogP contribution in [0.25, 0.3) is 0 Å². The largest absolute Gasteiger partial charge is 0.368 e. The molecule has 1 fully saturated rings. The van der Waals surface area contributed by atoms with E-state index in [0.717, 1.165) is 22.5 Å². The van der Waals surface area contributed by atoms with Crippen LogP contribution in [-0.4, -0.2) is 37.0 Å². The first-order valence-corrected chi connectivity index (χ1v) is 10.2. The number of para-hydroxylation sites is 1. The summed E-state index contributed by atoms with van der Waals surface area (Å²) in [5.41, 5.74) is 4.17. The number of hydrogen-bond donors (Lipinski definition) is 1. The van der Waals surface area contributed by atoms with Crippen LogP contribution in [0.3, 0.4) is 0 Å². The van der Waals surface area contributed by atoms with Crippen LogP contribution >= 0.6 is 0 Å². The Morgan fingerprint density at radius 1 is 1.13 bits per heavy atom. The summed E-state index contributed by atoms with van der Waals surface area (Å²) in [6.45, 7) is 8.52. The van der Waals surface area contributed by atoms with Crippen LogP contribution in [0.5, 0.6) is 0 Å². The molecule has 0 aliphatic carbocycles. The summed E-state index contributed by atoms with van der Waals surface area (Å²) in [7, 11) is 0. The molecule has 5 nitrogen and oxygen atoms in total. The van der Waals surface area contributed by atoms with E-state index in [-0.39, 0.29) is 17.3 Å². The number of nitrogens with one attached hydrogen (secondary N) is 1. The van der Waals surface area contributed by atoms with Crippen molar-refractivity contribution >= 4 is 17.3 Å². The highest BCUT2D eigenvalue weighted by atomic mass is 19.1. The summed E-state index contributed by atoms with van der Waals surface area (Å²) >= 11 is 0. The summed E-state index contributed by atoms with van der Waals surface area (Å²) in [4.78, 5) is 16.7.